The molecule has 2 aromatic rings. The van der Waals surface area contributed by atoms with Crippen LogP contribution in [-0.2, 0) is 0 Å². The van der Waals surface area contributed by atoms with Crippen molar-refractivity contribution >= 4 is 17.9 Å². The summed E-state index contributed by atoms with van der Waals surface area (Å²) in [6, 6.07) is 9.66. The Bertz CT molecular complexity index is 698. The number of urea groups is 1. The number of benzene rings is 1. The van der Waals surface area contributed by atoms with Crippen molar-refractivity contribution < 1.29 is 4.79 Å². The smallest absolute Gasteiger partial charge is 0.332 e. The number of aryl methyl sites for hydroxylation is 1. The highest BCUT2D eigenvalue weighted by molar-refractivity contribution is 5.83. The lowest BCUT2D eigenvalue weighted by Gasteiger charge is -2.14. The van der Waals surface area contributed by atoms with Crippen LogP contribution in [0.4, 0.5) is 10.5 Å². The van der Waals surface area contributed by atoms with Gasteiger partial charge >= 0.3 is 6.03 Å². The number of rotatable bonds is 4. The molecule has 3 N–H and O–H groups in total. The average Bonchev–Trinajstić information content (AvgIpc) is 2.73. The van der Waals surface area contributed by atoms with Crippen molar-refractivity contribution in [3.63, 3.8) is 0 Å². The number of aromatic nitrogens is 1. The monoisotopic (exact) mass is 299 g/mol. The fourth-order valence-corrected chi connectivity index (χ4v) is 2.38. The third-order valence-electron chi connectivity index (χ3n) is 3.47. The van der Waals surface area contributed by atoms with E-state index in [1.807, 2.05) is 34.0 Å². The lowest BCUT2D eigenvalue weighted by atomic mass is 10.2. The van der Waals surface area contributed by atoms with Crippen LogP contribution < -0.4 is 16.1 Å². The van der Waals surface area contributed by atoms with Crippen LogP contribution >= 0.6 is 0 Å². The van der Waals surface area contributed by atoms with Crippen LogP contribution in [0.1, 0.15) is 17.0 Å². The van der Waals surface area contributed by atoms with Crippen molar-refractivity contribution in [2.45, 2.75) is 13.8 Å². The van der Waals surface area contributed by atoms with Crippen molar-refractivity contribution in [2.24, 2.45) is 10.8 Å². The normalized spacial score (nSPS) is 10.9. The van der Waals surface area contributed by atoms with Crippen LogP contribution in [0.25, 0.3) is 5.69 Å². The quantitative estimate of drug-likeness (QED) is 0.670. The second-order valence-corrected chi connectivity index (χ2v) is 5.31. The summed E-state index contributed by atoms with van der Waals surface area (Å²) in [7, 11) is 4.03. The van der Waals surface area contributed by atoms with E-state index in [1.54, 1.807) is 6.21 Å². The summed E-state index contributed by atoms with van der Waals surface area (Å²) >= 11 is 0. The van der Waals surface area contributed by atoms with Gasteiger partial charge in [0.25, 0.3) is 0 Å². The van der Waals surface area contributed by atoms with E-state index < -0.39 is 6.03 Å². The molecule has 1 aromatic heterocycles. The Labute approximate surface area is 130 Å². The van der Waals surface area contributed by atoms with Gasteiger partial charge in [0, 0.05) is 42.4 Å². The van der Waals surface area contributed by atoms with Gasteiger partial charge in [-0.25, -0.2) is 10.2 Å². The zero-order valence-electron chi connectivity index (χ0n) is 13.3. The second-order valence-electron chi connectivity index (χ2n) is 5.31. The zero-order valence-corrected chi connectivity index (χ0v) is 13.3. The first-order valence-electron chi connectivity index (χ1n) is 6.95. The van der Waals surface area contributed by atoms with Gasteiger partial charge in [-0.2, -0.15) is 5.10 Å². The molecule has 0 saturated heterocycles. The van der Waals surface area contributed by atoms with E-state index in [0.29, 0.717) is 0 Å². The Balaban J connectivity index is 2.33. The number of nitrogens with two attached hydrogens (primary N) is 1. The number of primary amides is 1. The lowest BCUT2D eigenvalue weighted by Crippen LogP contribution is -2.24. The molecule has 0 atom stereocenters. The predicted molar refractivity (Wildman–Crippen MR) is 89.9 cm³/mol. The number of amides is 2. The number of hydrogen-bond donors (Lipinski definition) is 2. The first-order chi connectivity index (χ1) is 10.4. The summed E-state index contributed by atoms with van der Waals surface area (Å²) in [5.74, 6) is 0. The SMILES string of the molecule is Cc1cc(C=NNC(N)=O)c(C)n1-c1ccc(N(C)C)cc1. The first-order valence-corrected chi connectivity index (χ1v) is 6.95. The highest BCUT2D eigenvalue weighted by atomic mass is 16.2. The summed E-state index contributed by atoms with van der Waals surface area (Å²) in [4.78, 5) is 12.7. The van der Waals surface area contributed by atoms with E-state index in [4.69, 9.17) is 5.73 Å². The van der Waals surface area contributed by atoms with Crippen LogP contribution in [-0.4, -0.2) is 30.9 Å². The van der Waals surface area contributed by atoms with Crippen LogP contribution in [0.2, 0.25) is 0 Å². The highest BCUT2D eigenvalue weighted by Crippen LogP contribution is 2.22. The van der Waals surface area contributed by atoms with Crippen molar-refractivity contribution in [1.29, 1.82) is 0 Å². The van der Waals surface area contributed by atoms with Crippen molar-refractivity contribution in [3.05, 3.63) is 47.3 Å². The standard InChI is InChI=1S/C16H21N5O/c1-11-9-13(10-18-19-16(17)22)12(2)21(11)15-7-5-14(6-8-15)20(3)4/h5-10H,1-4H3,(H3,17,19,22). The Hall–Kier alpha value is -2.76. The van der Waals surface area contributed by atoms with Gasteiger partial charge in [0.2, 0.25) is 0 Å². The van der Waals surface area contributed by atoms with Crippen molar-refractivity contribution in [2.75, 3.05) is 19.0 Å². The molecule has 0 saturated carbocycles. The first kappa shape index (κ1) is 15.6. The topological polar surface area (TPSA) is 75.6 Å². The third kappa shape index (κ3) is 3.28. The summed E-state index contributed by atoms with van der Waals surface area (Å²) in [5, 5.41) is 3.82. The van der Waals surface area contributed by atoms with Crippen LogP contribution in [0.3, 0.4) is 0 Å². The highest BCUT2D eigenvalue weighted by Gasteiger charge is 2.09. The van der Waals surface area contributed by atoms with Gasteiger partial charge in [0.1, 0.15) is 0 Å². The number of anilines is 1. The molecule has 0 radical (unpaired) electrons. The predicted octanol–water partition coefficient (Wildman–Crippen LogP) is 2.16. The molecule has 0 aliphatic rings. The minimum atomic E-state index is -0.677. The Kier molecular flexibility index (Phi) is 4.50. The van der Waals surface area contributed by atoms with Crippen molar-refractivity contribution in [1.82, 2.24) is 9.99 Å². The molecule has 22 heavy (non-hydrogen) atoms. The molecule has 2 amide bonds. The maximum Gasteiger partial charge on any atom is 0.332 e. The average molecular weight is 299 g/mol. The number of hydrazone groups is 1. The van der Waals surface area contributed by atoms with Gasteiger partial charge in [0.15, 0.2) is 0 Å². The summed E-state index contributed by atoms with van der Waals surface area (Å²) in [5.41, 5.74) is 12.5. The Morgan fingerprint density at radius 3 is 2.45 bits per heavy atom. The van der Waals surface area contributed by atoms with Gasteiger partial charge < -0.3 is 15.2 Å². The maximum absolute atomic E-state index is 10.6. The summed E-state index contributed by atoms with van der Waals surface area (Å²) in [6.45, 7) is 4.05. The molecule has 1 heterocycles. The molecule has 1 aromatic carbocycles. The van der Waals surface area contributed by atoms with Gasteiger partial charge in [-0.05, 0) is 44.2 Å². The van der Waals surface area contributed by atoms with E-state index >= 15 is 0 Å². The number of hydrogen-bond acceptors (Lipinski definition) is 3. The van der Waals surface area contributed by atoms with E-state index in [9.17, 15) is 4.79 Å². The Morgan fingerprint density at radius 1 is 1.27 bits per heavy atom. The van der Waals surface area contributed by atoms with Crippen LogP contribution in [0.5, 0.6) is 0 Å². The fourth-order valence-electron chi connectivity index (χ4n) is 2.38. The van der Waals surface area contributed by atoms with E-state index in [0.717, 1.165) is 28.3 Å². The zero-order chi connectivity index (χ0) is 16.3. The molecule has 0 bridgehead atoms. The summed E-state index contributed by atoms with van der Waals surface area (Å²) in [6.07, 6.45) is 1.60. The molecular formula is C16H21N5O. The largest absolute Gasteiger partial charge is 0.378 e. The number of carbonyl (C=O) groups excluding carboxylic acids is 1. The minimum Gasteiger partial charge on any atom is -0.378 e. The lowest BCUT2D eigenvalue weighted by molar-refractivity contribution is 0.249. The van der Waals surface area contributed by atoms with E-state index in [2.05, 4.69) is 44.3 Å². The molecule has 0 aliphatic carbocycles. The molecule has 6 heteroatoms. The van der Waals surface area contributed by atoms with Gasteiger partial charge in [-0.15, -0.1) is 0 Å². The van der Waals surface area contributed by atoms with Crippen molar-refractivity contribution in [3.8, 4) is 5.69 Å². The van der Waals surface area contributed by atoms with Gasteiger partial charge in [-0.3, -0.25) is 0 Å². The molecule has 0 fully saturated rings. The van der Waals surface area contributed by atoms with E-state index in [1.165, 1.54) is 0 Å². The fraction of sp³-hybridized carbons (Fsp3) is 0.250. The second kappa shape index (κ2) is 6.34. The molecule has 6 nitrogen and oxygen atoms in total. The maximum atomic E-state index is 10.6. The molecule has 0 spiro atoms. The minimum absolute atomic E-state index is 0.677. The number of nitrogens with zero attached hydrogens (tertiary/aromatic N) is 3. The Morgan fingerprint density at radius 2 is 1.91 bits per heavy atom. The number of nitrogens with one attached hydrogen (secondary N) is 1. The van der Waals surface area contributed by atoms with Gasteiger partial charge in [-0.1, -0.05) is 0 Å². The molecular weight excluding hydrogens is 278 g/mol. The summed E-state index contributed by atoms with van der Waals surface area (Å²) < 4.78 is 2.14. The van der Waals surface area contributed by atoms with E-state index in [-0.39, 0.29) is 0 Å². The molecule has 0 unspecified atom stereocenters. The molecule has 0 aliphatic heterocycles. The third-order valence-corrected chi connectivity index (χ3v) is 3.47. The molecule has 2 rings (SSSR count). The number of carbonyl (C=O) groups is 1. The van der Waals surface area contributed by atoms with Crippen LogP contribution in [0.15, 0.2) is 35.4 Å². The molecule has 116 valence electrons. The van der Waals surface area contributed by atoms with Gasteiger partial charge in [0.05, 0.1) is 6.21 Å². The van der Waals surface area contributed by atoms with Crippen LogP contribution in [0, 0.1) is 13.8 Å².